The van der Waals surface area contributed by atoms with Crippen molar-refractivity contribution in [1.82, 2.24) is 14.7 Å². The summed E-state index contributed by atoms with van der Waals surface area (Å²) in [6.07, 6.45) is 2.90. The van der Waals surface area contributed by atoms with Crippen LogP contribution < -0.4 is 5.32 Å². The van der Waals surface area contributed by atoms with Gasteiger partial charge in [-0.25, -0.2) is 9.83 Å². The minimum atomic E-state index is 0.575. The number of hydrogen-bond acceptors (Lipinski definition) is 3. The molecule has 28 heavy (non-hydrogen) atoms. The van der Waals surface area contributed by atoms with Crippen molar-refractivity contribution in [3.05, 3.63) is 86.8 Å². The van der Waals surface area contributed by atoms with Gasteiger partial charge in [0.1, 0.15) is 0 Å². The number of nitrogens with zero attached hydrogens (tertiary/aromatic N) is 3. The van der Waals surface area contributed by atoms with Crippen LogP contribution in [0.4, 0.5) is 5.69 Å². The first-order valence-corrected chi connectivity index (χ1v) is 10.4. The maximum absolute atomic E-state index is 7.11. The Bertz CT molecular complexity index is 1160. The Balaban J connectivity index is 1.50. The van der Waals surface area contributed by atoms with E-state index >= 15 is 0 Å². The molecule has 0 saturated heterocycles. The van der Waals surface area contributed by atoms with E-state index in [4.69, 9.17) is 34.8 Å². The lowest BCUT2D eigenvalue weighted by Gasteiger charge is -2.08. The monoisotopic (exact) mass is 426 g/mol. The molecule has 0 aliphatic heterocycles. The van der Waals surface area contributed by atoms with Gasteiger partial charge in [-0.3, -0.25) is 4.40 Å². The predicted molar refractivity (Wildman–Crippen MR) is 117 cm³/mol. The molecular weight excluding hydrogens is 411 g/mol. The van der Waals surface area contributed by atoms with E-state index in [1.165, 1.54) is 0 Å². The summed E-state index contributed by atoms with van der Waals surface area (Å²) in [6, 6.07) is 13.3. The number of hydrogen-bond donors (Lipinski definition) is 1. The average Bonchev–Trinajstić information content (AvgIpc) is 3.30. The summed E-state index contributed by atoms with van der Waals surface area (Å²) < 4.78 is 2.12. The fraction of sp³-hybridized carbons (Fsp3) is 0.143. The molecule has 7 heteroatoms. The third-order valence-electron chi connectivity index (χ3n) is 4.50. The fourth-order valence-corrected chi connectivity index (χ4v) is 4.11. The number of nitrogens with one attached hydrogen (secondary N) is 1. The second kappa shape index (κ2) is 8.34. The Kier molecular flexibility index (Phi) is 5.65. The molecule has 0 aliphatic rings. The van der Waals surface area contributed by atoms with E-state index in [-0.39, 0.29) is 0 Å². The van der Waals surface area contributed by atoms with Crippen LogP contribution in [0.1, 0.15) is 11.3 Å². The number of benzene rings is 2. The minimum Gasteiger partial charge on any atom is -0.311 e. The van der Waals surface area contributed by atoms with E-state index < -0.39 is 0 Å². The summed E-state index contributed by atoms with van der Waals surface area (Å²) in [5.74, 6) is 0. The number of halogens is 2. The molecular formula is C21H16Cl2N4S. The first kappa shape index (κ1) is 19.0. The van der Waals surface area contributed by atoms with Crippen LogP contribution in [-0.4, -0.2) is 15.9 Å². The van der Waals surface area contributed by atoms with Crippen LogP contribution in [-0.2, 0) is 13.0 Å². The zero-order chi connectivity index (χ0) is 19.5. The fourth-order valence-electron chi connectivity index (χ4n) is 3.06. The standard InChI is InChI=1S/C21H16Cl2N4S/c1-24-16-5-3-15(4-6-16)20-19(27-10-11-28-21(27)26-20)13-25-9-8-14-2-7-17(22)18(23)12-14/h2-7,10-12,25H,8-9,13H2. The first-order chi connectivity index (χ1) is 13.7. The van der Waals surface area contributed by atoms with Gasteiger partial charge in [0.2, 0.25) is 0 Å². The molecule has 0 bridgehead atoms. The number of rotatable bonds is 6. The highest BCUT2D eigenvalue weighted by Gasteiger charge is 2.14. The van der Waals surface area contributed by atoms with Crippen molar-refractivity contribution in [2.45, 2.75) is 13.0 Å². The van der Waals surface area contributed by atoms with E-state index in [1.54, 1.807) is 11.3 Å². The molecule has 2 aromatic heterocycles. The van der Waals surface area contributed by atoms with Crippen LogP contribution in [0, 0.1) is 6.57 Å². The van der Waals surface area contributed by atoms with Crippen molar-refractivity contribution in [3.8, 4) is 11.3 Å². The second-order valence-electron chi connectivity index (χ2n) is 6.30. The Hall–Kier alpha value is -2.36. The number of aromatic nitrogens is 2. The van der Waals surface area contributed by atoms with E-state index in [0.717, 1.165) is 40.4 Å². The quantitative estimate of drug-likeness (QED) is 0.291. The van der Waals surface area contributed by atoms with Gasteiger partial charge in [0, 0.05) is 18.1 Å². The lowest BCUT2D eigenvalue weighted by Crippen LogP contribution is -2.18. The molecule has 0 unspecified atom stereocenters. The molecule has 2 aromatic carbocycles. The smallest absolute Gasteiger partial charge is 0.194 e. The van der Waals surface area contributed by atoms with Gasteiger partial charge in [-0.1, -0.05) is 53.5 Å². The van der Waals surface area contributed by atoms with E-state index in [9.17, 15) is 0 Å². The average molecular weight is 427 g/mol. The van der Waals surface area contributed by atoms with Gasteiger partial charge in [-0.05, 0) is 36.2 Å². The van der Waals surface area contributed by atoms with Gasteiger partial charge in [0.25, 0.3) is 0 Å². The van der Waals surface area contributed by atoms with Crippen molar-refractivity contribution in [2.75, 3.05) is 6.54 Å². The first-order valence-electron chi connectivity index (χ1n) is 8.72. The molecule has 140 valence electrons. The molecule has 4 aromatic rings. The largest absolute Gasteiger partial charge is 0.311 e. The molecule has 0 atom stereocenters. The summed E-state index contributed by atoms with van der Waals surface area (Å²) in [4.78, 5) is 9.21. The summed E-state index contributed by atoms with van der Waals surface area (Å²) in [5, 5.41) is 6.70. The Morgan fingerprint density at radius 2 is 1.93 bits per heavy atom. The van der Waals surface area contributed by atoms with E-state index in [0.29, 0.717) is 22.3 Å². The van der Waals surface area contributed by atoms with Gasteiger partial charge >= 0.3 is 0 Å². The minimum absolute atomic E-state index is 0.575. The summed E-state index contributed by atoms with van der Waals surface area (Å²) in [7, 11) is 0. The topological polar surface area (TPSA) is 33.7 Å². The Morgan fingerprint density at radius 3 is 2.68 bits per heavy atom. The summed E-state index contributed by atoms with van der Waals surface area (Å²) >= 11 is 13.7. The highest BCUT2D eigenvalue weighted by atomic mass is 35.5. The highest BCUT2D eigenvalue weighted by molar-refractivity contribution is 7.15. The maximum atomic E-state index is 7.11. The molecule has 0 radical (unpaired) electrons. The van der Waals surface area contributed by atoms with Crippen LogP contribution in [0.3, 0.4) is 0 Å². The van der Waals surface area contributed by atoms with E-state index in [1.807, 2.05) is 54.0 Å². The number of imidazole rings is 1. The summed E-state index contributed by atoms with van der Waals surface area (Å²) in [5.41, 5.74) is 4.85. The SMILES string of the molecule is [C-]#[N+]c1ccc(-c2nc3sccn3c2CNCCc2ccc(Cl)c(Cl)c2)cc1. The predicted octanol–water partition coefficient (Wildman–Crippen LogP) is 6.25. The molecule has 0 saturated carbocycles. The number of thiazole rings is 1. The second-order valence-corrected chi connectivity index (χ2v) is 7.98. The van der Waals surface area contributed by atoms with Crippen molar-refractivity contribution in [3.63, 3.8) is 0 Å². The molecule has 2 heterocycles. The van der Waals surface area contributed by atoms with Crippen molar-refractivity contribution in [1.29, 1.82) is 0 Å². The molecule has 0 aliphatic carbocycles. The van der Waals surface area contributed by atoms with Gasteiger partial charge in [-0.15, -0.1) is 11.3 Å². The van der Waals surface area contributed by atoms with Crippen LogP contribution >= 0.6 is 34.5 Å². The zero-order valence-electron chi connectivity index (χ0n) is 14.8. The normalized spacial score (nSPS) is 11.0. The van der Waals surface area contributed by atoms with Crippen LogP contribution in [0.25, 0.3) is 21.1 Å². The molecule has 4 rings (SSSR count). The van der Waals surface area contributed by atoms with Crippen LogP contribution in [0.5, 0.6) is 0 Å². The Labute approximate surface area is 177 Å². The van der Waals surface area contributed by atoms with Gasteiger partial charge in [0.05, 0.1) is 28.0 Å². The van der Waals surface area contributed by atoms with Crippen molar-refractivity contribution >= 4 is 45.2 Å². The number of fused-ring (bicyclic) bond motifs is 1. The molecule has 0 amide bonds. The lowest BCUT2D eigenvalue weighted by molar-refractivity contribution is 0.673. The molecule has 4 nitrogen and oxygen atoms in total. The maximum Gasteiger partial charge on any atom is 0.194 e. The zero-order valence-corrected chi connectivity index (χ0v) is 17.2. The summed E-state index contributed by atoms with van der Waals surface area (Å²) in [6.45, 7) is 8.62. The van der Waals surface area contributed by atoms with Crippen LogP contribution in [0.15, 0.2) is 54.0 Å². The highest BCUT2D eigenvalue weighted by Crippen LogP contribution is 2.28. The Morgan fingerprint density at radius 1 is 1.11 bits per heavy atom. The lowest BCUT2D eigenvalue weighted by atomic mass is 10.1. The molecule has 0 spiro atoms. The van der Waals surface area contributed by atoms with Gasteiger partial charge in [0.15, 0.2) is 10.6 Å². The molecule has 1 N–H and O–H groups in total. The van der Waals surface area contributed by atoms with Crippen molar-refractivity contribution < 1.29 is 0 Å². The third kappa shape index (κ3) is 3.91. The van der Waals surface area contributed by atoms with Crippen LogP contribution in [0.2, 0.25) is 10.0 Å². The molecule has 0 fully saturated rings. The van der Waals surface area contributed by atoms with Crippen molar-refractivity contribution in [2.24, 2.45) is 0 Å². The van der Waals surface area contributed by atoms with E-state index in [2.05, 4.69) is 14.6 Å². The van der Waals surface area contributed by atoms with Gasteiger partial charge in [-0.2, -0.15) is 0 Å². The van der Waals surface area contributed by atoms with Gasteiger partial charge < -0.3 is 5.32 Å². The third-order valence-corrected chi connectivity index (χ3v) is 5.99.